The quantitative estimate of drug-likeness (QED) is 0.701. The molecule has 4 nitrogen and oxygen atoms in total. The maximum Gasteiger partial charge on any atom is 0.306 e. The summed E-state index contributed by atoms with van der Waals surface area (Å²) in [5.74, 6) is -0.0987. The van der Waals surface area contributed by atoms with Crippen LogP contribution in [0.5, 0.6) is 0 Å². The highest BCUT2D eigenvalue weighted by atomic mass is 16.5. The van der Waals surface area contributed by atoms with Crippen molar-refractivity contribution in [3.8, 4) is 0 Å². The van der Waals surface area contributed by atoms with Gasteiger partial charge < -0.3 is 9.47 Å². The summed E-state index contributed by atoms with van der Waals surface area (Å²) in [4.78, 5) is 23.0. The van der Waals surface area contributed by atoms with Gasteiger partial charge in [-0.15, -0.1) is 0 Å². The molecule has 0 amide bonds. The fourth-order valence-corrected chi connectivity index (χ4v) is 2.21. The number of rotatable bonds is 6. The van der Waals surface area contributed by atoms with Gasteiger partial charge in [0.15, 0.2) is 0 Å². The first-order valence-corrected chi connectivity index (χ1v) is 7.68. The monoisotopic (exact) mass is 284 g/mol. The highest BCUT2D eigenvalue weighted by molar-refractivity contribution is 5.77. The summed E-state index contributed by atoms with van der Waals surface area (Å²) in [7, 11) is 0. The van der Waals surface area contributed by atoms with Crippen molar-refractivity contribution in [2.24, 2.45) is 11.3 Å². The van der Waals surface area contributed by atoms with Crippen molar-refractivity contribution in [2.75, 3.05) is 13.2 Å². The normalized spacial score (nSPS) is 16.8. The minimum absolute atomic E-state index is 0.0445. The minimum atomic E-state index is -0.324. The summed E-state index contributed by atoms with van der Waals surface area (Å²) >= 11 is 0. The zero-order valence-corrected chi connectivity index (χ0v) is 13.1. The molecule has 0 unspecified atom stereocenters. The first-order valence-electron chi connectivity index (χ1n) is 7.68. The Morgan fingerprint density at radius 1 is 0.950 bits per heavy atom. The highest BCUT2D eigenvalue weighted by Gasteiger charge is 2.17. The van der Waals surface area contributed by atoms with E-state index in [4.69, 9.17) is 9.47 Å². The van der Waals surface area contributed by atoms with Crippen LogP contribution in [-0.2, 0) is 19.1 Å². The molecule has 0 N–H and O–H groups in total. The molecule has 0 aromatic rings. The summed E-state index contributed by atoms with van der Waals surface area (Å²) in [5, 5.41) is 0. The Hall–Kier alpha value is -1.06. The molecule has 0 radical (unpaired) electrons. The molecule has 1 saturated carbocycles. The number of carbonyl (C=O) groups is 2. The Balaban J connectivity index is 2.08. The van der Waals surface area contributed by atoms with E-state index in [9.17, 15) is 9.59 Å². The molecular weight excluding hydrogens is 256 g/mol. The number of hydrogen-bond acceptors (Lipinski definition) is 4. The Morgan fingerprint density at radius 3 is 2.05 bits per heavy atom. The van der Waals surface area contributed by atoms with Crippen LogP contribution in [0.1, 0.15) is 65.7 Å². The molecule has 0 saturated heterocycles. The van der Waals surface area contributed by atoms with Crippen LogP contribution in [0.25, 0.3) is 0 Å². The molecule has 1 aliphatic rings. The third kappa shape index (κ3) is 8.18. The lowest BCUT2D eigenvalue weighted by Gasteiger charge is -2.21. The highest BCUT2D eigenvalue weighted by Crippen LogP contribution is 2.23. The van der Waals surface area contributed by atoms with E-state index in [1.54, 1.807) is 0 Å². The van der Waals surface area contributed by atoms with Crippen LogP contribution in [0, 0.1) is 11.3 Å². The van der Waals surface area contributed by atoms with Crippen LogP contribution in [0.2, 0.25) is 0 Å². The van der Waals surface area contributed by atoms with E-state index >= 15 is 0 Å². The van der Waals surface area contributed by atoms with E-state index in [1.165, 1.54) is 19.3 Å². The van der Waals surface area contributed by atoms with Crippen LogP contribution in [-0.4, -0.2) is 25.2 Å². The molecule has 0 heterocycles. The van der Waals surface area contributed by atoms with Gasteiger partial charge in [0.05, 0.1) is 26.1 Å². The van der Waals surface area contributed by atoms with E-state index in [0.29, 0.717) is 19.1 Å². The molecule has 116 valence electrons. The van der Waals surface area contributed by atoms with Crippen molar-refractivity contribution in [2.45, 2.75) is 65.7 Å². The zero-order valence-electron chi connectivity index (χ0n) is 13.1. The topological polar surface area (TPSA) is 52.6 Å². The molecule has 1 fully saturated rings. The predicted molar refractivity (Wildman–Crippen MR) is 77.2 cm³/mol. The van der Waals surface area contributed by atoms with Crippen molar-refractivity contribution in [1.82, 2.24) is 0 Å². The van der Waals surface area contributed by atoms with Crippen molar-refractivity contribution in [3.05, 3.63) is 0 Å². The molecular formula is C16H28O4. The van der Waals surface area contributed by atoms with Gasteiger partial charge in [0.25, 0.3) is 0 Å². The Labute approximate surface area is 122 Å². The molecule has 0 atom stereocenters. The standard InChI is InChI=1S/C16H28O4/c1-16(2,3)12-20-15(18)10-9-14(17)19-11-13-7-5-4-6-8-13/h13H,4-12H2,1-3H3. The van der Waals surface area contributed by atoms with E-state index in [0.717, 1.165) is 12.8 Å². The van der Waals surface area contributed by atoms with Crippen LogP contribution >= 0.6 is 0 Å². The number of carbonyl (C=O) groups excluding carboxylic acids is 2. The average Bonchev–Trinajstić information content (AvgIpc) is 2.41. The lowest BCUT2D eigenvalue weighted by Crippen LogP contribution is -2.20. The Morgan fingerprint density at radius 2 is 1.50 bits per heavy atom. The van der Waals surface area contributed by atoms with Crippen LogP contribution in [0.15, 0.2) is 0 Å². The van der Waals surface area contributed by atoms with Crippen LogP contribution < -0.4 is 0 Å². The molecule has 1 aliphatic carbocycles. The molecule has 0 spiro atoms. The lowest BCUT2D eigenvalue weighted by molar-refractivity contribution is -0.152. The summed E-state index contributed by atoms with van der Waals surface area (Å²) in [6, 6.07) is 0. The molecule has 0 aromatic heterocycles. The predicted octanol–water partition coefficient (Wildman–Crippen LogP) is 3.48. The molecule has 0 bridgehead atoms. The summed E-state index contributed by atoms with van der Waals surface area (Å²) in [6.07, 6.45) is 6.31. The van der Waals surface area contributed by atoms with Gasteiger partial charge in [0, 0.05) is 0 Å². The van der Waals surface area contributed by atoms with Gasteiger partial charge in [-0.3, -0.25) is 9.59 Å². The molecule has 1 rings (SSSR count). The second-order valence-corrected chi connectivity index (χ2v) is 6.91. The Kier molecular flexibility index (Phi) is 7.03. The summed E-state index contributed by atoms with van der Waals surface area (Å²) in [6.45, 7) is 6.88. The SMILES string of the molecule is CC(C)(C)COC(=O)CCC(=O)OCC1CCCCC1. The van der Waals surface area contributed by atoms with Gasteiger partial charge in [-0.2, -0.15) is 0 Å². The van der Waals surface area contributed by atoms with Crippen LogP contribution in [0.3, 0.4) is 0 Å². The largest absolute Gasteiger partial charge is 0.465 e. The summed E-state index contributed by atoms with van der Waals surface area (Å²) < 4.78 is 10.3. The smallest absolute Gasteiger partial charge is 0.306 e. The van der Waals surface area contributed by atoms with Gasteiger partial charge in [0.2, 0.25) is 0 Å². The van der Waals surface area contributed by atoms with Gasteiger partial charge in [0.1, 0.15) is 0 Å². The van der Waals surface area contributed by atoms with Gasteiger partial charge in [-0.05, 0) is 24.2 Å². The van der Waals surface area contributed by atoms with Crippen molar-refractivity contribution >= 4 is 11.9 Å². The average molecular weight is 284 g/mol. The Bertz CT molecular complexity index is 311. The molecule has 0 aromatic carbocycles. The van der Waals surface area contributed by atoms with E-state index in [-0.39, 0.29) is 30.2 Å². The maximum atomic E-state index is 11.6. The summed E-state index contributed by atoms with van der Waals surface area (Å²) in [5.41, 5.74) is -0.0445. The van der Waals surface area contributed by atoms with Gasteiger partial charge in [-0.25, -0.2) is 0 Å². The first kappa shape index (κ1) is 17.0. The maximum absolute atomic E-state index is 11.6. The van der Waals surface area contributed by atoms with E-state index in [1.807, 2.05) is 20.8 Å². The minimum Gasteiger partial charge on any atom is -0.465 e. The molecule has 4 heteroatoms. The zero-order chi connectivity index (χ0) is 15.0. The lowest BCUT2D eigenvalue weighted by atomic mass is 9.90. The second-order valence-electron chi connectivity index (χ2n) is 6.91. The van der Waals surface area contributed by atoms with Crippen molar-refractivity contribution in [1.29, 1.82) is 0 Å². The number of hydrogen-bond donors (Lipinski definition) is 0. The number of esters is 2. The fourth-order valence-electron chi connectivity index (χ4n) is 2.21. The third-order valence-corrected chi connectivity index (χ3v) is 3.40. The first-order chi connectivity index (χ1) is 9.37. The second kappa shape index (κ2) is 8.28. The van der Waals surface area contributed by atoms with Gasteiger partial charge >= 0.3 is 11.9 Å². The third-order valence-electron chi connectivity index (χ3n) is 3.40. The molecule has 20 heavy (non-hydrogen) atoms. The van der Waals surface area contributed by atoms with Crippen LogP contribution in [0.4, 0.5) is 0 Å². The van der Waals surface area contributed by atoms with E-state index in [2.05, 4.69) is 0 Å². The van der Waals surface area contributed by atoms with E-state index < -0.39 is 0 Å². The van der Waals surface area contributed by atoms with Crippen molar-refractivity contribution in [3.63, 3.8) is 0 Å². The molecule has 0 aliphatic heterocycles. The van der Waals surface area contributed by atoms with Crippen molar-refractivity contribution < 1.29 is 19.1 Å². The fraction of sp³-hybridized carbons (Fsp3) is 0.875. The number of ether oxygens (including phenoxy) is 2. The van der Waals surface area contributed by atoms with Gasteiger partial charge in [-0.1, -0.05) is 40.0 Å².